The lowest BCUT2D eigenvalue weighted by atomic mass is 9.82. The van der Waals surface area contributed by atoms with Crippen molar-refractivity contribution in [2.75, 3.05) is 26.2 Å². The molecule has 1 aromatic rings. The Morgan fingerprint density at radius 2 is 2.05 bits per heavy atom. The minimum atomic E-state index is -0.0153. The van der Waals surface area contributed by atoms with Crippen molar-refractivity contribution >= 4 is 5.91 Å². The Bertz CT molecular complexity index is 493. The summed E-state index contributed by atoms with van der Waals surface area (Å²) in [7, 11) is 0. The molecule has 2 fully saturated rings. The second-order valence-corrected chi connectivity index (χ2v) is 6.44. The van der Waals surface area contributed by atoms with Crippen molar-refractivity contribution in [1.82, 2.24) is 10.2 Å². The average Bonchev–Trinajstić information content (AvgIpc) is 2.56. The van der Waals surface area contributed by atoms with Crippen LogP contribution < -0.4 is 5.32 Å². The van der Waals surface area contributed by atoms with Gasteiger partial charge in [-0.1, -0.05) is 25.1 Å². The molecule has 2 aliphatic rings. The van der Waals surface area contributed by atoms with E-state index in [1.165, 1.54) is 0 Å². The number of nitrogens with one attached hydrogen (secondary N) is 1. The average molecular weight is 302 g/mol. The van der Waals surface area contributed by atoms with Crippen molar-refractivity contribution < 1.29 is 9.53 Å². The predicted octanol–water partition coefficient (Wildman–Crippen LogP) is 2.45. The minimum absolute atomic E-state index is 0.0153. The summed E-state index contributed by atoms with van der Waals surface area (Å²) in [6, 6.07) is 10.1. The Morgan fingerprint density at radius 3 is 2.73 bits per heavy atom. The van der Waals surface area contributed by atoms with Gasteiger partial charge in [-0.15, -0.1) is 0 Å². The molecular formula is C18H26N2O2. The Labute approximate surface area is 132 Å². The number of amides is 1. The molecule has 4 heteroatoms. The molecule has 0 aliphatic carbocycles. The zero-order valence-electron chi connectivity index (χ0n) is 13.4. The molecule has 3 rings (SSSR count). The van der Waals surface area contributed by atoms with Gasteiger partial charge in [-0.05, 0) is 44.4 Å². The number of hydrogen-bond donors (Lipinski definition) is 1. The van der Waals surface area contributed by atoms with Gasteiger partial charge in [0, 0.05) is 31.3 Å². The third-order valence-corrected chi connectivity index (χ3v) is 4.97. The van der Waals surface area contributed by atoms with Crippen molar-refractivity contribution in [2.24, 2.45) is 0 Å². The van der Waals surface area contributed by atoms with Crippen LogP contribution in [-0.2, 0) is 4.74 Å². The van der Waals surface area contributed by atoms with Gasteiger partial charge >= 0.3 is 0 Å². The lowest BCUT2D eigenvalue weighted by Crippen LogP contribution is -2.53. The zero-order chi connectivity index (χ0) is 15.4. The Hall–Kier alpha value is -1.39. The lowest BCUT2D eigenvalue weighted by molar-refractivity contribution is -0.115. The molecule has 2 saturated heterocycles. The topological polar surface area (TPSA) is 41.6 Å². The number of carbonyl (C=O) groups is 1. The molecule has 22 heavy (non-hydrogen) atoms. The summed E-state index contributed by atoms with van der Waals surface area (Å²) in [6.07, 6.45) is 4.08. The molecule has 0 aromatic heterocycles. The second kappa shape index (κ2) is 6.80. The molecule has 0 bridgehead atoms. The minimum Gasteiger partial charge on any atom is -0.375 e. The van der Waals surface area contributed by atoms with Crippen LogP contribution in [0.5, 0.6) is 0 Å². The van der Waals surface area contributed by atoms with E-state index in [-0.39, 0.29) is 11.5 Å². The van der Waals surface area contributed by atoms with E-state index in [4.69, 9.17) is 4.74 Å². The van der Waals surface area contributed by atoms with Crippen LogP contribution >= 0.6 is 0 Å². The highest BCUT2D eigenvalue weighted by Crippen LogP contribution is 2.35. The maximum absolute atomic E-state index is 12.5. The predicted molar refractivity (Wildman–Crippen MR) is 87.0 cm³/mol. The summed E-state index contributed by atoms with van der Waals surface area (Å²) >= 11 is 0. The molecule has 1 atom stereocenters. The number of piperidine rings is 1. The largest absolute Gasteiger partial charge is 0.375 e. The quantitative estimate of drug-likeness (QED) is 0.932. The highest BCUT2D eigenvalue weighted by molar-refractivity contribution is 5.94. The lowest BCUT2D eigenvalue weighted by Gasteiger charge is -2.46. The third kappa shape index (κ3) is 3.33. The van der Waals surface area contributed by atoms with Gasteiger partial charge < -0.3 is 15.0 Å². The van der Waals surface area contributed by atoms with Crippen LogP contribution in [0.4, 0.5) is 0 Å². The summed E-state index contributed by atoms with van der Waals surface area (Å²) < 4.78 is 6.14. The summed E-state index contributed by atoms with van der Waals surface area (Å²) in [5, 5.41) is 3.56. The van der Waals surface area contributed by atoms with Gasteiger partial charge in [0.1, 0.15) is 0 Å². The van der Waals surface area contributed by atoms with E-state index >= 15 is 0 Å². The van der Waals surface area contributed by atoms with Gasteiger partial charge in [0.15, 0.2) is 0 Å². The third-order valence-electron chi connectivity index (χ3n) is 4.97. The molecule has 1 spiro atoms. The van der Waals surface area contributed by atoms with Crippen LogP contribution in [0.1, 0.15) is 43.0 Å². The van der Waals surface area contributed by atoms with Crippen LogP contribution in [0.3, 0.4) is 0 Å². The van der Waals surface area contributed by atoms with Crippen LogP contribution in [0.2, 0.25) is 0 Å². The van der Waals surface area contributed by atoms with Crippen molar-refractivity contribution in [1.29, 1.82) is 0 Å². The Kier molecular flexibility index (Phi) is 4.79. The fourth-order valence-electron chi connectivity index (χ4n) is 3.72. The SMILES string of the molecule is CCNC1CCOC2(CCN(C(=O)c3ccccc3)CC2)C1. The number of ether oxygens (including phenoxy) is 1. The maximum Gasteiger partial charge on any atom is 0.253 e. The number of carbonyl (C=O) groups excluding carboxylic acids is 1. The van der Waals surface area contributed by atoms with Crippen LogP contribution in [0, 0.1) is 0 Å². The number of hydrogen-bond acceptors (Lipinski definition) is 3. The van der Waals surface area contributed by atoms with E-state index in [1.54, 1.807) is 0 Å². The summed E-state index contributed by atoms with van der Waals surface area (Å²) in [5.41, 5.74) is 0.770. The number of likely N-dealkylation sites (tertiary alicyclic amines) is 1. The molecule has 2 heterocycles. The van der Waals surface area contributed by atoms with E-state index in [1.807, 2.05) is 35.2 Å². The zero-order valence-corrected chi connectivity index (χ0v) is 13.4. The van der Waals surface area contributed by atoms with Gasteiger partial charge in [0.25, 0.3) is 5.91 Å². The Morgan fingerprint density at radius 1 is 1.32 bits per heavy atom. The van der Waals surface area contributed by atoms with Crippen molar-refractivity contribution in [3.05, 3.63) is 35.9 Å². The molecule has 0 saturated carbocycles. The molecule has 2 aliphatic heterocycles. The molecule has 1 unspecified atom stereocenters. The van der Waals surface area contributed by atoms with E-state index in [0.29, 0.717) is 6.04 Å². The van der Waals surface area contributed by atoms with Crippen LogP contribution in [0.25, 0.3) is 0 Å². The van der Waals surface area contributed by atoms with Crippen molar-refractivity contribution in [3.8, 4) is 0 Å². The number of nitrogens with zero attached hydrogens (tertiary/aromatic N) is 1. The van der Waals surface area contributed by atoms with E-state index in [2.05, 4.69) is 12.2 Å². The first-order valence-electron chi connectivity index (χ1n) is 8.44. The molecule has 120 valence electrons. The Balaban J connectivity index is 1.59. The first-order valence-corrected chi connectivity index (χ1v) is 8.44. The van der Waals surface area contributed by atoms with Gasteiger partial charge in [-0.25, -0.2) is 0 Å². The smallest absolute Gasteiger partial charge is 0.253 e. The van der Waals surface area contributed by atoms with E-state index in [0.717, 1.165) is 57.5 Å². The van der Waals surface area contributed by atoms with Crippen molar-refractivity contribution in [3.63, 3.8) is 0 Å². The first-order chi connectivity index (χ1) is 10.7. The van der Waals surface area contributed by atoms with Crippen LogP contribution in [0.15, 0.2) is 30.3 Å². The van der Waals surface area contributed by atoms with Crippen LogP contribution in [-0.4, -0.2) is 48.7 Å². The number of rotatable bonds is 3. The number of benzene rings is 1. The molecule has 1 N–H and O–H groups in total. The van der Waals surface area contributed by atoms with Gasteiger partial charge in [-0.2, -0.15) is 0 Å². The van der Waals surface area contributed by atoms with Crippen molar-refractivity contribution in [2.45, 2.75) is 44.2 Å². The molecule has 4 nitrogen and oxygen atoms in total. The highest BCUT2D eigenvalue weighted by Gasteiger charge is 2.40. The summed E-state index contributed by atoms with van der Waals surface area (Å²) in [4.78, 5) is 14.5. The maximum atomic E-state index is 12.5. The molecule has 0 radical (unpaired) electrons. The molecule has 1 amide bonds. The van der Waals surface area contributed by atoms with E-state index in [9.17, 15) is 4.79 Å². The fourth-order valence-corrected chi connectivity index (χ4v) is 3.72. The molecular weight excluding hydrogens is 276 g/mol. The normalized spacial score (nSPS) is 24.4. The first kappa shape index (κ1) is 15.5. The summed E-state index contributed by atoms with van der Waals surface area (Å²) in [5.74, 6) is 0.148. The monoisotopic (exact) mass is 302 g/mol. The van der Waals surface area contributed by atoms with E-state index < -0.39 is 0 Å². The second-order valence-electron chi connectivity index (χ2n) is 6.44. The van der Waals surface area contributed by atoms with Gasteiger partial charge in [-0.3, -0.25) is 4.79 Å². The fraction of sp³-hybridized carbons (Fsp3) is 0.611. The molecule has 1 aromatic carbocycles. The summed E-state index contributed by atoms with van der Waals surface area (Å²) in [6.45, 7) is 5.60. The standard InChI is InChI=1S/C18H26N2O2/c1-2-19-16-8-13-22-18(14-16)9-11-20(12-10-18)17(21)15-6-4-3-5-7-15/h3-7,16,19H,2,8-14H2,1H3. The van der Waals surface area contributed by atoms with Gasteiger partial charge in [0.2, 0.25) is 0 Å². The highest BCUT2D eigenvalue weighted by atomic mass is 16.5. The van der Waals surface area contributed by atoms with Gasteiger partial charge in [0.05, 0.1) is 5.60 Å².